The van der Waals surface area contributed by atoms with E-state index in [9.17, 15) is 4.39 Å². The standard InChI is InChI=1S/C19H26FN5O2/c1-4-26-19-23-12(2)17(21)18(24-19)22-10-14-6-5-13(9-15(14)20)16-11-25(3)7-8-27-16/h5-6,9,16H,4,7-8,10-11,21H2,1-3H3,(H,22,23,24). The van der Waals surface area contributed by atoms with E-state index < -0.39 is 0 Å². The predicted octanol–water partition coefficient (Wildman–Crippen LogP) is 2.52. The van der Waals surface area contributed by atoms with E-state index in [0.717, 1.165) is 18.7 Å². The first-order valence-electron chi connectivity index (χ1n) is 9.07. The molecule has 2 aromatic rings. The number of benzene rings is 1. The largest absolute Gasteiger partial charge is 0.464 e. The predicted molar refractivity (Wildman–Crippen MR) is 102 cm³/mol. The Labute approximate surface area is 158 Å². The molecule has 8 heteroatoms. The first-order valence-corrected chi connectivity index (χ1v) is 9.07. The number of aryl methyl sites for hydroxylation is 1. The van der Waals surface area contributed by atoms with Crippen LogP contribution < -0.4 is 15.8 Å². The quantitative estimate of drug-likeness (QED) is 0.802. The number of hydrogen-bond acceptors (Lipinski definition) is 7. The molecule has 1 fully saturated rings. The van der Waals surface area contributed by atoms with Crippen LogP contribution in [0.1, 0.15) is 29.8 Å². The third-order valence-electron chi connectivity index (χ3n) is 4.55. The topological polar surface area (TPSA) is 85.5 Å². The lowest BCUT2D eigenvalue weighted by molar-refractivity contribution is -0.0210. The molecule has 1 aromatic carbocycles. The van der Waals surface area contributed by atoms with E-state index in [1.54, 1.807) is 19.1 Å². The summed E-state index contributed by atoms with van der Waals surface area (Å²) < 4.78 is 25.7. The number of nitrogens with zero attached hydrogens (tertiary/aromatic N) is 3. The van der Waals surface area contributed by atoms with E-state index in [2.05, 4.69) is 20.2 Å². The molecule has 0 saturated carbocycles. The monoisotopic (exact) mass is 375 g/mol. The van der Waals surface area contributed by atoms with Gasteiger partial charge in [-0.05, 0) is 32.5 Å². The van der Waals surface area contributed by atoms with Crippen molar-refractivity contribution in [3.63, 3.8) is 0 Å². The maximum atomic E-state index is 14.6. The Kier molecular flexibility index (Phi) is 6.08. The van der Waals surface area contributed by atoms with Gasteiger partial charge in [-0.1, -0.05) is 12.1 Å². The number of halogens is 1. The zero-order valence-corrected chi connectivity index (χ0v) is 16.0. The highest BCUT2D eigenvalue weighted by Crippen LogP contribution is 2.25. The first-order chi connectivity index (χ1) is 13.0. The van der Waals surface area contributed by atoms with E-state index in [0.29, 0.717) is 36.0 Å². The molecular weight excluding hydrogens is 349 g/mol. The molecule has 1 aromatic heterocycles. The van der Waals surface area contributed by atoms with Crippen LogP contribution in [-0.2, 0) is 11.3 Å². The fourth-order valence-corrected chi connectivity index (χ4v) is 2.95. The maximum Gasteiger partial charge on any atom is 0.318 e. The highest BCUT2D eigenvalue weighted by molar-refractivity contribution is 5.64. The molecule has 0 amide bonds. The van der Waals surface area contributed by atoms with Crippen molar-refractivity contribution in [2.75, 3.05) is 44.4 Å². The van der Waals surface area contributed by atoms with Crippen molar-refractivity contribution < 1.29 is 13.9 Å². The second kappa shape index (κ2) is 8.49. The fraction of sp³-hybridized carbons (Fsp3) is 0.474. The Balaban J connectivity index is 1.71. The molecule has 27 heavy (non-hydrogen) atoms. The highest BCUT2D eigenvalue weighted by atomic mass is 19.1. The summed E-state index contributed by atoms with van der Waals surface area (Å²) in [5, 5.41) is 3.08. The molecule has 1 atom stereocenters. The third kappa shape index (κ3) is 4.64. The molecule has 3 N–H and O–H groups in total. The number of hydrogen-bond donors (Lipinski definition) is 2. The van der Waals surface area contributed by atoms with Gasteiger partial charge in [-0.25, -0.2) is 4.39 Å². The second-order valence-corrected chi connectivity index (χ2v) is 6.61. The van der Waals surface area contributed by atoms with Crippen LogP contribution in [0.25, 0.3) is 0 Å². The lowest BCUT2D eigenvalue weighted by atomic mass is 10.0. The minimum atomic E-state index is -0.286. The lowest BCUT2D eigenvalue weighted by Crippen LogP contribution is -2.35. The number of nitrogens with one attached hydrogen (secondary N) is 1. The summed E-state index contributed by atoms with van der Waals surface area (Å²) in [4.78, 5) is 10.6. The molecule has 0 spiro atoms. The third-order valence-corrected chi connectivity index (χ3v) is 4.55. The number of aromatic nitrogens is 2. The normalized spacial score (nSPS) is 17.7. The number of likely N-dealkylation sites (N-methyl/N-ethyl adjacent to an activating group) is 1. The minimum Gasteiger partial charge on any atom is -0.464 e. The summed E-state index contributed by atoms with van der Waals surface area (Å²) in [6.07, 6.45) is -0.103. The lowest BCUT2D eigenvalue weighted by Gasteiger charge is -2.30. The average Bonchev–Trinajstić information content (AvgIpc) is 2.64. The molecule has 3 rings (SSSR count). The summed E-state index contributed by atoms with van der Waals surface area (Å²) in [6, 6.07) is 5.47. The summed E-state index contributed by atoms with van der Waals surface area (Å²) in [5.74, 6) is 0.151. The molecule has 1 saturated heterocycles. The first kappa shape index (κ1) is 19.3. The maximum absolute atomic E-state index is 14.6. The Hall–Kier alpha value is -2.45. The van der Waals surface area contributed by atoms with Gasteiger partial charge >= 0.3 is 6.01 Å². The second-order valence-electron chi connectivity index (χ2n) is 6.61. The van der Waals surface area contributed by atoms with Gasteiger partial charge in [0.05, 0.1) is 30.7 Å². The Morgan fingerprint density at radius 3 is 2.93 bits per heavy atom. The van der Waals surface area contributed by atoms with Crippen LogP contribution >= 0.6 is 0 Å². The van der Waals surface area contributed by atoms with Gasteiger partial charge in [-0.2, -0.15) is 9.97 Å². The van der Waals surface area contributed by atoms with Crippen molar-refractivity contribution in [3.8, 4) is 6.01 Å². The molecule has 1 aliphatic rings. The van der Waals surface area contributed by atoms with E-state index in [4.69, 9.17) is 15.2 Å². The van der Waals surface area contributed by atoms with Gasteiger partial charge in [0.2, 0.25) is 0 Å². The van der Waals surface area contributed by atoms with Crippen molar-refractivity contribution in [2.24, 2.45) is 0 Å². The van der Waals surface area contributed by atoms with Crippen LogP contribution in [0.4, 0.5) is 15.9 Å². The van der Waals surface area contributed by atoms with E-state index in [1.165, 1.54) is 0 Å². The van der Waals surface area contributed by atoms with Crippen LogP contribution in [0.3, 0.4) is 0 Å². The molecule has 1 aliphatic heterocycles. The Morgan fingerprint density at radius 1 is 1.41 bits per heavy atom. The van der Waals surface area contributed by atoms with Gasteiger partial charge in [-0.3, -0.25) is 0 Å². The number of anilines is 2. The van der Waals surface area contributed by atoms with Gasteiger partial charge in [-0.15, -0.1) is 0 Å². The number of rotatable bonds is 6. The molecule has 146 valence electrons. The van der Waals surface area contributed by atoms with Gasteiger partial charge in [0.25, 0.3) is 0 Å². The molecular formula is C19H26FN5O2. The van der Waals surface area contributed by atoms with Gasteiger partial charge in [0, 0.05) is 25.2 Å². The van der Waals surface area contributed by atoms with Crippen molar-refractivity contribution in [1.29, 1.82) is 0 Å². The van der Waals surface area contributed by atoms with Crippen LogP contribution in [0.2, 0.25) is 0 Å². The summed E-state index contributed by atoms with van der Waals surface area (Å²) in [5.41, 5.74) is 8.44. The number of nitrogen functional groups attached to an aromatic ring is 1. The number of ether oxygens (including phenoxy) is 2. The van der Waals surface area contributed by atoms with Gasteiger partial charge < -0.3 is 25.4 Å². The Bertz CT molecular complexity index is 802. The Morgan fingerprint density at radius 2 is 2.22 bits per heavy atom. The van der Waals surface area contributed by atoms with Crippen LogP contribution in [0, 0.1) is 12.7 Å². The van der Waals surface area contributed by atoms with Crippen molar-refractivity contribution in [2.45, 2.75) is 26.5 Å². The van der Waals surface area contributed by atoms with Crippen molar-refractivity contribution >= 4 is 11.5 Å². The van der Waals surface area contributed by atoms with Gasteiger partial charge in [0.1, 0.15) is 5.82 Å². The van der Waals surface area contributed by atoms with Crippen LogP contribution in [0.5, 0.6) is 6.01 Å². The number of nitrogens with two attached hydrogens (primary N) is 1. The average molecular weight is 375 g/mol. The van der Waals surface area contributed by atoms with Crippen LogP contribution in [0.15, 0.2) is 18.2 Å². The van der Waals surface area contributed by atoms with Crippen LogP contribution in [-0.4, -0.2) is 48.2 Å². The molecule has 0 aliphatic carbocycles. The summed E-state index contributed by atoms with van der Waals surface area (Å²) >= 11 is 0. The van der Waals surface area contributed by atoms with Crippen molar-refractivity contribution in [1.82, 2.24) is 14.9 Å². The van der Waals surface area contributed by atoms with E-state index in [-0.39, 0.29) is 24.5 Å². The molecule has 7 nitrogen and oxygen atoms in total. The van der Waals surface area contributed by atoms with Gasteiger partial charge in [0.15, 0.2) is 5.82 Å². The van der Waals surface area contributed by atoms with Crippen molar-refractivity contribution in [3.05, 3.63) is 40.8 Å². The zero-order valence-electron chi connectivity index (χ0n) is 16.0. The SMILES string of the molecule is CCOc1nc(C)c(N)c(NCc2ccc(C3CN(C)CCO3)cc2F)n1. The van der Waals surface area contributed by atoms with E-state index >= 15 is 0 Å². The van der Waals surface area contributed by atoms with E-state index in [1.807, 2.05) is 20.0 Å². The summed E-state index contributed by atoms with van der Waals surface area (Å²) in [7, 11) is 2.04. The molecule has 1 unspecified atom stereocenters. The molecule has 0 bridgehead atoms. The highest BCUT2D eigenvalue weighted by Gasteiger charge is 2.20. The number of morpholine rings is 1. The summed E-state index contributed by atoms with van der Waals surface area (Å²) in [6.45, 7) is 6.65. The zero-order chi connectivity index (χ0) is 19.4. The molecule has 0 radical (unpaired) electrons. The molecule has 2 heterocycles. The smallest absolute Gasteiger partial charge is 0.318 e. The minimum absolute atomic E-state index is 0.103. The fourth-order valence-electron chi connectivity index (χ4n) is 2.95.